The van der Waals surface area contributed by atoms with Crippen LogP contribution in [0.3, 0.4) is 0 Å². The van der Waals surface area contributed by atoms with Crippen LogP contribution in [0.4, 0.5) is 5.82 Å². The fraction of sp³-hybridized carbons (Fsp3) is 0.588. The summed E-state index contributed by atoms with van der Waals surface area (Å²) in [6.45, 7) is 0. The number of aldehydes is 1. The molecule has 0 saturated heterocycles. The molecule has 0 aliphatic heterocycles. The molecule has 0 radical (unpaired) electrons. The van der Waals surface area contributed by atoms with E-state index in [0.29, 0.717) is 41.8 Å². The van der Waals surface area contributed by atoms with E-state index in [-0.39, 0.29) is 11.8 Å². The van der Waals surface area contributed by atoms with Crippen molar-refractivity contribution in [2.24, 2.45) is 24.6 Å². The Hall–Kier alpha value is -2.35. The van der Waals surface area contributed by atoms with Gasteiger partial charge in [0.1, 0.15) is 17.3 Å². The van der Waals surface area contributed by atoms with Crippen molar-refractivity contribution >= 4 is 17.9 Å². The lowest BCUT2D eigenvalue weighted by Gasteiger charge is -2.27. The van der Waals surface area contributed by atoms with Crippen LogP contribution in [0.2, 0.25) is 0 Å². The van der Waals surface area contributed by atoms with Gasteiger partial charge in [-0.3, -0.25) is 14.9 Å². The summed E-state index contributed by atoms with van der Waals surface area (Å²) in [4.78, 5) is 11.4. The first kappa shape index (κ1) is 17.5. The number of fused-ring (bicyclic) bond motifs is 1. The molecule has 0 aromatic carbocycles. The molecular weight excluding hydrogens is 320 g/mol. The predicted molar refractivity (Wildman–Crippen MR) is 95.2 cm³/mol. The maximum Gasteiger partial charge on any atom is 0.155 e. The molecule has 2 unspecified atom stereocenters. The summed E-state index contributed by atoms with van der Waals surface area (Å²) < 4.78 is 1.55. The van der Waals surface area contributed by atoms with Crippen molar-refractivity contribution in [2.45, 2.75) is 37.2 Å². The number of anilines is 1. The highest BCUT2D eigenvalue weighted by Crippen LogP contribution is 2.55. The maximum absolute atomic E-state index is 11.4. The van der Waals surface area contributed by atoms with Crippen LogP contribution in [0.5, 0.6) is 0 Å². The number of nitrogens with zero attached hydrogens (tertiary/aromatic N) is 2. The number of hydrogen-bond donors (Lipinski definition) is 5. The summed E-state index contributed by atoms with van der Waals surface area (Å²) in [5.41, 5.74) is 12.3. The van der Waals surface area contributed by atoms with Crippen molar-refractivity contribution < 1.29 is 9.90 Å². The van der Waals surface area contributed by atoms with Crippen molar-refractivity contribution in [3.63, 3.8) is 0 Å². The predicted octanol–water partition coefficient (Wildman–Crippen LogP) is 0.489. The molecule has 0 spiro atoms. The van der Waals surface area contributed by atoms with E-state index >= 15 is 0 Å². The van der Waals surface area contributed by atoms with Gasteiger partial charge >= 0.3 is 0 Å². The molecule has 7 N–H and O–H groups in total. The van der Waals surface area contributed by atoms with Crippen molar-refractivity contribution in [3.05, 3.63) is 23.0 Å². The molecule has 2 aliphatic carbocycles. The number of nitrogens with one attached hydrogen (secondary N) is 2. The van der Waals surface area contributed by atoms with E-state index < -0.39 is 5.60 Å². The maximum atomic E-state index is 11.4. The number of amidine groups is 1. The van der Waals surface area contributed by atoms with E-state index in [9.17, 15) is 9.90 Å². The number of likely N-dealkylation sites (N-methyl/N-ethyl adjacent to an activating group) is 1. The topological polar surface area (TPSA) is 143 Å². The summed E-state index contributed by atoms with van der Waals surface area (Å²) in [6, 6.07) is 0. The van der Waals surface area contributed by atoms with Gasteiger partial charge in [-0.2, -0.15) is 5.10 Å². The Morgan fingerprint density at radius 1 is 1.44 bits per heavy atom. The smallest absolute Gasteiger partial charge is 0.155 e. The summed E-state index contributed by atoms with van der Waals surface area (Å²) in [5, 5.41) is 25.9. The molecule has 0 bridgehead atoms. The van der Waals surface area contributed by atoms with Crippen LogP contribution in [0, 0.1) is 17.2 Å². The van der Waals surface area contributed by atoms with Crippen LogP contribution in [-0.4, -0.2) is 39.7 Å². The number of rotatable bonds is 5. The number of aliphatic hydroxyl groups is 1. The van der Waals surface area contributed by atoms with Gasteiger partial charge < -0.3 is 21.9 Å². The third-order valence-electron chi connectivity index (χ3n) is 5.77. The molecule has 8 nitrogen and oxygen atoms in total. The number of aromatic nitrogens is 2. The molecule has 2 atom stereocenters. The third kappa shape index (κ3) is 2.90. The minimum absolute atomic E-state index is 0.0766. The van der Waals surface area contributed by atoms with Gasteiger partial charge in [0, 0.05) is 31.8 Å². The summed E-state index contributed by atoms with van der Waals surface area (Å²) in [6.07, 6.45) is 5.27. The van der Waals surface area contributed by atoms with Gasteiger partial charge in [0.25, 0.3) is 0 Å². The van der Waals surface area contributed by atoms with E-state index in [2.05, 4.69) is 10.4 Å². The Bertz CT molecular complexity index is 724. The van der Waals surface area contributed by atoms with Crippen LogP contribution >= 0.6 is 0 Å². The van der Waals surface area contributed by atoms with Crippen LogP contribution in [0.15, 0.2) is 11.8 Å². The van der Waals surface area contributed by atoms with Crippen LogP contribution in [0.25, 0.3) is 0 Å². The zero-order chi connectivity index (χ0) is 18.4. The van der Waals surface area contributed by atoms with Gasteiger partial charge in [0.05, 0.1) is 11.3 Å². The van der Waals surface area contributed by atoms with Crippen molar-refractivity contribution in [2.75, 3.05) is 12.8 Å². The minimum Gasteiger partial charge on any atom is -0.389 e. The van der Waals surface area contributed by atoms with Gasteiger partial charge in [-0.15, -0.1) is 0 Å². The lowest BCUT2D eigenvalue weighted by molar-refractivity contribution is 0.0698. The van der Waals surface area contributed by atoms with E-state index in [1.807, 2.05) is 0 Å². The number of hydrogen-bond acceptors (Lipinski definition) is 6. The number of nitrogen functional groups attached to an aromatic ring is 1. The Morgan fingerprint density at radius 3 is 2.52 bits per heavy atom. The van der Waals surface area contributed by atoms with E-state index in [1.54, 1.807) is 18.8 Å². The number of carbonyl (C=O) groups is 1. The van der Waals surface area contributed by atoms with Gasteiger partial charge in [0.15, 0.2) is 6.29 Å². The van der Waals surface area contributed by atoms with E-state index in [0.717, 1.165) is 24.8 Å². The molecule has 25 heavy (non-hydrogen) atoms. The third-order valence-corrected chi connectivity index (χ3v) is 5.77. The lowest BCUT2D eigenvalue weighted by Crippen LogP contribution is -2.36. The Kier molecular flexibility index (Phi) is 4.32. The molecule has 1 heterocycles. The van der Waals surface area contributed by atoms with Crippen LogP contribution in [-0.2, 0) is 7.05 Å². The van der Waals surface area contributed by atoms with Gasteiger partial charge in [-0.1, -0.05) is 0 Å². The molecule has 2 aliphatic rings. The second-order valence-electron chi connectivity index (χ2n) is 7.32. The SMILES string of the molecule is CN/C(=C\C(=N)N)C1(O)CC2CC(c3nn(C)c(N)c3C=O)CC2C1. The van der Waals surface area contributed by atoms with E-state index in [4.69, 9.17) is 16.9 Å². The molecule has 3 rings (SSSR count). The monoisotopic (exact) mass is 346 g/mol. The van der Waals surface area contributed by atoms with Crippen molar-refractivity contribution in [1.82, 2.24) is 15.1 Å². The Morgan fingerprint density at radius 2 is 2.04 bits per heavy atom. The molecule has 0 amide bonds. The second-order valence-corrected chi connectivity index (χ2v) is 7.32. The zero-order valence-corrected chi connectivity index (χ0v) is 14.6. The largest absolute Gasteiger partial charge is 0.389 e. The molecular formula is C17H26N6O2. The number of carbonyl (C=O) groups excluding carboxylic acids is 1. The van der Waals surface area contributed by atoms with Crippen LogP contribution < -0.4 is 16.8 Å². The van der Waals surface area contributed by atoms with Gasteiger partial charge in [-0.25, -0.2) is 0 Å². The lowest BCUT2D eigenvalue weighted by atomic mass is 9.89. The molecule has 8 heteroatoms. The standard InChI is InChI=1S/C17H26N6O2/c1-21-13(5-14(18)19)17(25)6-10-3-9(4-11(10)7-17)15-12(8-24)16(20)23(2)22-15/h5,8-11,21,25H,3-4,6-7,20H2,1-2H3,(H3,18,19)/b13-5-. The Labute approximate surface area is 146 Å². The molecule has 2 saturated carbocycles. The Balaban J connectivity index is 1.78. The van der Waals surface area contributed by atoms with Gasteiger partial charge in [0.2, 0.25) is 0 Å². The zero-order valence-electron chi connectivity index (χ0n) is 14.6. The normalized spacial score (nSPS) is 31.8. The molecule has 1 aromatic heterocycles. The fourth-order valence-corrected chi connectivity index (χ4v) is 4.70. The average Bonchev–Trinajstić information content (AvgIpc) is 3.15. The minimum atomic E-state index is -0.975. The van der Waals surface area contributed by atoms with Crippen LogP contribution in [0.1, 0.15) is 47.7 Å². The van der Waals surface area contributed by atoms with Crippen molar-refractivity contribution in [3.8, 4) is 0 Å². The average molecular weight is 346 g/mol. The first-order chi connectivity index (χ1) is 11.8. The number of aryl methyl sites for hydroxylation is 1. The van der Waals surface area contributed by atoms with Crippen molar-refractivity contribution in [1.29, 1.82) is 5.41 Å². The highest BCUT2D eigenvalue weighted by molar-refractivity contribution is 5.89. The van der Waals surface area contributed by atoms with E-state index in [1.165, 1.54) is 6.08 Å². The molecule has 136 valence electrons. The molecule has 1 aromatic rings. The number of nitrogens with two attached hydrogens (primary N) is 2. The quantitative estimate of drug-likeness (QED) is 0.298. The summed E-state index contributed by atoms with van der Waals surface area (Å²) in [5.74, 6) is 1.22. The first-order valence-corrected chi connectivity index (χ1v) is 8.53. The van der Waals surface area contributed by atoms with Gasteiger partial charge in [-0.05, 0) is 37.5 Å². The molecule has 2 fully saturated rings. The fourth-order valence-electron chi connectivity index (χ4n) is 4.70. The summed E-state index contributed by atoms with van der Waals surface area (Å²) >= 11 is 0. The summed E-state index contributed by atoms with van der Waals surface area (Å²) in [7, 11) is 3.47. The first-order valence-electron chi connectivity index (χ1n) is 8.53. The highest BCUT2D eigenvalue weighted by Gasteiger charge is 2.51. The highest BCUT2D eigenvalue weighted by atomic mass is 16.3. The second kappa shape index (κ2) is 6.18.